The number of aromatic hydroxyl groups is 1. The number of imidazole rings is 1. The number of rotatable bonds is 5. The number of anilines is 1. The second kappa shape index (κ2) is 7.48. The highest BCUT2D eigenvalue weighted by Gasteiger charge is 2.33. The maximum atomic E-state index is 12.8. The van der Waals surface area contributed by atoms with Gasteiger partial charge in [0.2, 0.25) is 6.41 Å². The SMILES string of the molecule is O=CNc1nc(-c2cccc(O)c2)nc2c1[nH]c(=O)n2-c1ccccc1OC(F)(F)F. The molecule has 12 heteroatoms. The molecule has 0 aliphatic carbocycles. The standard InChI is InChI=1S/C19H12F3N5O4/c20-19(21,22)31-13-7-2-1-6-12(13)27-17-14(24-18(27)30)16(23-9-28)25-15(26-17)10-4-3-5-11(29)8-10/h1-9,29H,(H,24,30)(H,23,25,26,28). The van der Waals surface area contributed by atoms with E-state index in [4.69, 9.17) is 0 Å². The lowest BCUT2D eigenvalue weighted by Gasteiger charge is -2.13. The van der Waals surface area contributed by atoms with Crippen LogP contribution in [0.15, 0.2) is 53.3 Å². The van der Waals surface area contributed by atoms with E-state index < -0.39 is 17.8 Å². The Kier molecular flexibility index (Phi) is 4.81. The Labute approximate surface area is 170 Å². The van der Waals surface area contributed by atoms with Gasteiger partial charge >= 0.3 is 12.1 Å². The van der Waals surface area contributed by atoms with Crippen molar-refractivity contribution in [3.63, 3.8) is 0 Å². The molecule has 0 fully saturated rings. The lowest BCUT2D eigenvalue weighted by molar-refractivity contribution is -0.274. The van der Waals surface area contributed by atoms with Crippen LogP contribution in [0, 0.1) is 0 Å². The molecule has 0 saturated carbocycles. The number of alkyl halides is 3. The molecule has 2 aromatic heterocycles. The molecule has 3 N–H and O–H groups in total. The number of carbonyl (C=O) groups is 1. The van der Waals surface area contributed by atoms with Gasteiger partial charge in [-0.15, -0.1) is 13.2 Å². The van der Waals surface area contributed by atoms with Crippen LogP contribution in [-0.2, 0) is 4.79 Å². The number of para-hydroxylation sites is 2. The van der Waals surface area contributed by atoms with E-state index in [1.165, 1.54) is 36.4 Å². The van der Waals surface area contributed by atoms with Crippen LogP contribution in [0.25, 0.3) is 28.2 Å². The third-order valence-corrected chi connectivity index (χ3v) is 4.17. The van der Waals surface area contributed by atoms with E-state index in [0.717, 1.165) is 10.6 Å². The zero-order chi connectivity index (χ0) is 22.2. The van der Waals surface area contributed by atoms with Crippen molar-refractivity contribution in [1.82, 2.24) is 19.5 Å². The summed E-state index contributed by atoms with van der Waals surface area (Å²) in [6.45, 7) is 0. The molecule has 9 nitrogen and oxygen atoms in total. The Hall–Kier alpha value is -4.35. The van der Waals surface area contributed by atoms with Gasteiger partial charge < -0.3 is 20.1 Å². The van der Waals surface area contributed by atoms with E-state index >= 15 is 0 Å². The number of nitrogens with zero attached hydrogens (tertiary/aromatic N) is 3. The second-order valence-corrected chi connectivity index (χ2v) is 6.19. The number of amides is 1. The predicted molar refractivity (Wildman–Crippen MR) is 103 cm³/mol. The highest BCUT2D eigenvalue weighted by molar-refractivity contribution is 5.91. The lowest BCUT2D eigenvalue weighted by atomic mass is 10.2. The van der Waals surface area contributed by atoms with Crippen molar-refractivity contribution in [3.05, 3.63) is 59.0 Å². The van der Waals surface area contributed by atoms with Crippen molar-refractivity contribution in [1.29, 1.82) is 0 Å². The van der Waals surface area contributed by atoms with E-state index in [2.05, 4.69) is 25.0 Å². The maximum absolute atomic E-state index is 12.8. The van der Waals surface area contributed by atoms with Crippen LogP contribution in [-0.4, -0.2) is 37.4 Å². The van der Waals surface area contributed by atoms with E-state index in [9.17, 15) is 27.9 Å². The van der Waals surface area contributed by atoms with Gasteiger partial charge in [-0.25, -0.2) is 19.3 Å². The summed E-state index contributed by atoms with van der Waals surface area (Å²) in [5, 5.41) is 12.1. The fourth-order valence-corrected chi connectivity index (χ4v) is 3.00. The summed E-state index contributed by atoms with van der Waals surface area (Å²) >= 11 is 0. The number of halogens is 3. The molecule has 4 rings (SSSR count). The van der Waals surface area contributed by atoms with Gasteiger partial charge in [0, 0.05) is 5.56 Å². The molecule has 2 aromatic carbocycles. The smallest absolute Gasteiger partial charge is 0.508 e. The molecule has 158 valence electrons. The van der Waals surface area contributed by atoms with Crippen molar-refractivity contribution in [3.8, 4) is 28.6 Å². The van der Waals surface area contributed by atoms with Crippen molar-refractivity contribution in [2.75, 3.05) is 5.32 Å². The molecule has 0 radical (unpaired) electrons. The van der Waals surface area contributed by atoms with Crippen LogP contribution in [0.1, 0.15) is 0 Å². The minimum Gasteiger partial charge on any atom is -0.508 e. The summed E-state index contributed by atoms with van der Waals surface area (Å²) < 4.78 is 43.5. The largest absolute Gasteiger partial charge is 0.573 e. The van der Waals surface area contributed by atoms with Crippen LogP contribution < -0.4 is 15.7 Å². The maximum Gasteiger partial charge on any atom is 0.573 e. The monoisotopic (exact) mass is 431 g/mol. The summed E-state index contributed by atoms with van der Waals surface area (Å²) in [6.07, 6.45) is -4.66. The van der Waals surface area contributed by atoms with Crippen molar-refractivity contribution < 1.29 is 27.8 Å². The minimum absolute atomic E-state index is 0.00900. The molecular weight excluding hydrogens is 419 g/mol. The quantitative estimate of drug-likeness (QED) is 0.418. The number of benzene rings is 2. The number of aromatic amines is 1. The van der Waals surface area contributed by atoms with Gasteiger partial charge in [0.05, 0.1) is 5.69 Å². The average molecular weight is 431 g/mol. The van der Waals surface area contributed by atoms with Crippen molar-refractivity contribution in [2.45, 2.75) is 6.36 Å². The van der Waals surface area contributed by atoms with Crippen LogP contribution in [0.4, 0.5) is 19.0 Å². The third-order valence-electron chi connectivity index (χ3n) is 4.17. The first-order valence-electron chi connectivity index (χ1n) is 8.64. The fraction of sp³-hybridized carbons (Fsp3) is 0.0526. The molecule has 2 heterocycles. The molecule has 0 aliphatic rings. The normalized spacial score (nSPS) is 11.5. The zero-order valence-electron chi connectivity index (χ0n) is 15.3. The number of hydrogen-bond donors (Lipinski definition) is 3. The number of carbonyl (C=O) groups excluding carboxylic acids is 1. The van der Waals surface area contributed by atoms with Gasteiger partial charge in [0.1, 0.15) is 11.3 Å². The number of hydrogen-bond acceptors (Lipinski definition) is 6. The molecule has 0 unspecified atom stereocenters. The zero-order valence-corrected chi connectivity index (χ0v) is 15.3. The highest BCUT2D eigenvalue weighted by atomic mass is 19.4. The van der Waals surface area contributed by atoms with E-state index in [0.29, 0.717) is 12.0 Å². The molecule has 0 atom stereocenters. The molecule has 0 aliphatic heterocycles. The number of phenolic OH excluding ortho intramolecular Hbond substituents is 1. The highest BCUT2D eigenvalue weighted by Crippen LogP contribution is 2.31. The van der Waals surface area contributed by atoms with Gasteiger partial charge in [-0.2, -0.15) is 0 Å². The summed E-state index contributed by atoms with van der Waals surface area (Å²) in [7, 11) is 0. The third kappa shape index (κ3) is 3.90. The Morgan fingerprint density at radius 1 is 1.13 bits per heavy atom. The summed E-state index contributed by atoms with van der Waals surface area (Å²) in [6, 6.07) is 10.9. The van der Waals surface area contributed by atoms with Gasteiger partial charge in [0.25, 0.3) is 0 Å². The van der Waals surface area contributed by atoms with Gasteiger partial charge in [-0.05, 0) is 24.3 Å². The van der Waals surface area contributed by atoms with E-state index in [1.54, 1.807) is 6.07 Å². The molecule has 4 aromatic rings. The van der Waals surface area contributed by atoms with Crippen LogP contribution in [0.3, 0.4) is 0 Å². The predicted octanol–water partition coefficient (Wildman–Crippen LogP) is 2.95. The number of fused-ring (bicyclic) bond motifs is 1. The van der Waals surface area contributed by atoms with Crippen LogP contribution >= 0.6 is 0 Å². The Morgan fingerprint density at radius 3 is 2.61 bits per heavy atom. The summed E-state index contributed by atoms with van der Waals surface area (Å²) in [4.78, 5) is 34.6. The Balaban J connectivity index is 2.01. The first-order valence-corrected chi connectivity index (χ1v) is 8.64. The lowest BCUT2D eigenvalue weighted by Crippen LogP contribution is -2.21. The van der Waals surface area contributed by atoms with Gasteiger partial charge in [-0.1, -0.05) is 24.3 Å². The van der Waals surface area contributed by atoms with Crippen LogP contribution in [0.2, 0.25) is 0 Å². The van der Waals surface area contributed by atoms with Gasteiger partial charge in [0.15, 0.2) is 23.0 Å². The molecule has 0 spiro atoms. The summed E-state index contributed by atoms with van der Waals surface area (Å²) in [5.74, 6) is -0.778. The molecule has 31 heavy (non-hydrogen) atoms. The first-order chi connectivity index (χ1) is 14.8. The number of phenols is 1. The second-order valence-electron chi connectivity index (χ2n) is 6.19. The number of H-pyrrole nitrogens is 1. The van der Waals surface area contributed by atoms with Gasteiger partial charge in [-0.3, -0.25) is 4.79 Å². The van der Waals surface area contributed by atoms with E-state index in [1.807, 2.05) is 0 Å². The fourth-order valence-electron chi connectivity index (χ4n) is 3.00. The average Bonchev–Trinajstić information content (AvgIpc) is 3.03. The topological polar surface area (TPSA) is 122 Å². The summed E-state index contributed by atoms with van der Waals surface area (Å²) in [5.41, 5.74) is -0.835. The number of aromatic nitrogens is 4. The molecule has 0 bridgehead atoms. The first kappa shape index (κ1) is 19.9. The molecular formula is C19H12F3N5O4. The molecule has 0 saturated heterocycles. The van der Waals surface area contributed by atoms with Crippen molar-refractivity contribution >= 4 is 23.4 Å². The molecule has 1 amide bonds. The van der Waals surface area contributed by atoms with Crippen molar-refractivity contribution in [2.24, 2.45) is 0 Å². The van der Waals surface area contributed by atoms with Crippen LogP contribution in [0.5, 0.6) is 11.5 Å². The minimum atomic E-state index is -4.99. The van der Waals surface area contributed by atoms with E-state index in [-0.39, 0.29) is 34.2 Å². The Bertz CT molecular complexity index is 1350. The Morgan fingerprint density at radius 2 is 1.90 bits per heavy atom. The number of ether oxygens (including phenoxy) is 1. The number of nitrogens with one attached hydrogen (secondary N) is 2.